The lowest BCUT2D eigenvalue weighted by atomic mass is 9.95. The molecule has 13 heteroatoms. The Morgan fingerprint density at radius 3 is 2.55 bits per heavy atom. The molecule has 0 aliphatic carbocycles. The van der Waals surface area contributed by atoms with Crippen molar-refractivity contribution in [1.29, 1.82) is 0 Å². The van der Waals surface area contributed by atoms with Gasteiger partial charge in [-0.05, 0) is 24.1 Å². The first-order valence-electron chi connectivity index (χ1n) is 12.1. The van der Waals surface area contributed by atoms with Crippen LogP contribution in [0.1, 0.15) is 29.3 Å². The van der Waals surface area contributed by atoms with Gasteiger partial charge in [0.1, 0.15) is 11.6 Å². The topological polar surface area (TPSA) is 140 Å². The number of nitrogens with one attached hydrogen (secondary N) is 5. The summed E-state index contributed by atoms with van der Waals surface area (Å²) >= 11 is 0. The lowest BCUT2D eigenvalue weighted by Crippen LogP contribution is -2.63. The Bertz CT molecular complexity index is 1240. The van der Waals surface area contributed by atoms with E-state index in [2.05, 4.69) is 36.1 Å². The molecule has 3 aromatic rings. The summed E-state index contributed by atoms with van der Waals surface area (Å²) in [5.41, 5.74) is 7.02. The Kier molecular flexibility index (Phi) is 8.94. The van der Waals surface area contributed by atoms with Gasteiger partial charge in [-0.2, -0.15) is 0 Å². The molecule has 1 aromatic heterocycles. The largest absolute Gasteiger partial charge is 0.348 e. The molecule has 0 radical (unpaired) electrons. The highest BCUT2D eigenvalue weighted by molar-refractivity contribution is 5.90. The molecule has 2 atom stereocenters. The van der Waals surface area contributed by atoms with Gasteiger partial charge < -0.3 is 26.7 Å². The van der Waals surface area contributed by atoms with E-state index in [9.17, 15) is 22.8 Å². The van der Waals surface area contributed by atoms with Crippen LogP contribution < -0.4 is 27.0 Å². The normalized spacial score (nSPS) is 17.3. The van der Waals surface area contributed by atoms with E-state index in [1.165, 1.54) is 0 Å². The standard InChI is InChI=1S/C25H29F3N8O2/c26-18-10-20(28)21(11-19(18)27)33-25(38)35-24-32-12-17(23(37)34-24)16-4-2-15(3-5-16)13-36(9-1-6-29)14-22-30-7-8-31-22/h2-5,7-8,10-11,17,24,32H,1,6,9,12-14,29H2,(H,30,31)(H,34,37)(H2,33,35,38). The number of urea groups is 1. The predicted molar refractivity (Wildman–Crippen MR) is 134 cm³/mol. The van der Waals surface area contributed by atoms with E-state index in [0.717, 1.165) is 29.9 Å². The number of amides is 3. The molecule has 1 fully saturated rings. The van der Waals surface area contributed by atoms with E-state index in [1.54, 1.807) is 12.4 Å². The maximum atomic E-state index is 13.8. The number of halogens is 3. The Labute approximate surface area is 217 Å². The molecule has 1 aliphatic rings. The fraction of sp³-hybridized carbons (Fsp3) is 0.320. The van der Waals surface area contributed by atoms with Crippen molar-refractivity contribution in [1.82, 2.24) is 30.8 Å². The van der Waals surface area contributed by atoms with Crippen molar-refractivity contribution in [3.05, 3.63) is 83.2 Å². The zero-order valence-electron chi connectivity index (χ0n) is 20.4. The highest BCUT2D eigenvalue weighted by atomic mass is 19.2. The highest BCUT2D eigenvalue weighted by Gasteiger charge is 2.29. The minimum absolute atomic E-state index is 0.233. The van der Waals surface area contributed by atoms with Gasteiger partial charge in [-0.3, -0.25) is 15.0 Å². The summed E-state index contributed by atoms with van der Waals surface area (Å²) in [7, 11) is 0. The molecule has 2 unspecified atom stereocenters. The smallest absolute Gasteiger partial charge is 0.321 e. The number of anilines is 1. The number of imidazole rings is 1. The fourth-order valence-electron chi connectivity index (χ4n) is 4.13. The van der Waals surface area contributed by atoms with Crippen molar-refractivity contribution < 1.29 is 22.8 Å². The number of benzene rings is 2. The number of hydrogen-bond acceptors (Lipinski definition) is 6. The first-order chi connectivity index (χ1) is 18.3. The lowest BCUT2D eigenvalue weighted by molar-refractivity contribution is -0.125. The van der Waals surface area contributed by atoms with Crippen molar-refractivity contribution in [2.75, 3.05) is 25.0 Å². The third kappa shape index (κ3) is 7.09. The summed E-state index contributed by atoms with van der Waals surface area (Å²) in [6, 6.07) is 7.67. The van der Waals surface area contributed by atoms with Gasteiger partial charge in [0.25, 0.3) is 0 Å². The minimum Gasteiger partial charge on any atom is -0.348 e. The van der Waals surface area contributed by atoms with Crippen LogP contribution in [-0.4, -0.2) is 52.7 Å². The molecule has 38 heavy (non-hydrogen) atoms. The zero-order chi connectivity index (χ0) is 27.1. The fourth-order valence-corrected chi connectivity index (χ4v) is 4.13. The maximum absolute atomic E-state index is 13.8. The summed E-state index contributed by atoms with van der Waals surface area (Å²) in [4.78, 5) is 34.5. The van der Waals surface area contributed by atoms with Crippen LogP contribution in [0, 0.1) is 17.5 Å². The van der Waals surface area contributed by atoms with Crippen molar-refractivity contribution in [2.24, 2.45) is 5.73 Å². The molecule has 0 spiro atoms. The monoisotopic (exact) mass is 530 g/mol. The summed E-state index contributed by atoms with van der Waals surface area (Å²) < 4.78 is 40.2. The molecular formula is C25H29F3N8O2. The van der Waals surface area contributed by atoms with Crippen LogP contribution in [0.2, 0.25) is 0 Å². The number of nitrogens with two attached hydrogens (primary N) is 1. The molecule has 7 N–H and O–H groups in total. The van der Waals surface area contributed by atoms with Crippen molar-refractivity contribution in [3.63, 3.8) is 0 Å². The van der Waals surface area contributed by atoms with Gasteiger partial charge in [-0.15, -0.1) is 0 Å². The van der Waals surface area contributed by atoms with Crippen molar-refractivity contribution >= 4 is 17.6 Å². The summed E-state index contributed by atoms with van der Waals surface area (Å²) in [6.45, 7) is 3.00. The lowest BCUT2D eigenvalue weighted by Gasteiger charge is -2.31. The van der Waals surface area contributed by atoms with E-state index < -0.39 is 41.4 Å². The molecule has 4 rings (SSSR count). The van der Waals surface area contributed by atoms with E-state index in [4.69, 9.17) is 5.73 Å². The Hall–Kier alpha value is -3.94. The molecule has 3 amide bonds. The average molecular weight is 531 g/mol. The van der Waals surface area contributed by atoms with Crippen LogP contribution in [0.5, 0.6) is 0 Å². The number of rotatable bonds is 10. The summed E-state index contributed by atoms with van der Waals surface area (Å²) in [5.74, 6) is -3.75. The van der Waals surface area contributed by atoms with Gasteiger partial charge in [0.15, 0.2) is 17.9 Å². The van der Waals surface area contributed by atoms with Gasteiger partial charge in [0.2, 0.25) is 5.91 Å². The van der Waals surface area contributed by atoms with Gasteiger partial charge >= 0.3 is 6.03 Å². The van der Waals surface area contributed by atoms with Gasteiger partial charge in [0.05, 0.1) is 18.2 Å². The number of carbonyl (C=O) groups is 2. The van der Waals surface area contributed by atoms with Crippen molar-refractivity contribution in [2.45, 2.75) is 31.7 Å². The highest BCUT2D eigenvalue weighted by Crippen LogP contribution is 2.20. The van der Waals surface area contributed by atoms with E-state index >= 15 is 0 Å². The molecule has 2 heterocycles. The van der Waals surface area contributed by atoms with E-state index in [-0.39, 0.29) is 12.5 Å². The van der Waals surface area contributed by atoms with Crippen LogP contribution in [-0.2, 0) is 17.9 Å². The molecule has 0 bridgehead atoms. The van der Waals surface area contributed by atoms with Crippen LogP contribution in [0.25, 0.3) is 0 Å². The zero-order valence-corrected chi connectivity index (χ0v) is 20.4. The quantitative estimate of drug-likeness (QED) is 0.222. The Morgan fingerprint density at radius 1 is 1.11 bits per heavy atom. The second-order valence-corrected chi connectivity index (χ2v) is 8.88. The third-order valence-corrected chi connectivity index (χ3v) is 6.06. The van der Waals surface area contributed by atoms with Crippen molar-refractivity contribution in [3.8, 4) is 0 Å². The second-order valence-electron chi connectivity index (χ2n) is 8.88. The third-order valence-electron chi connectivity index (χ3n) is 6.06. The Morgan fingerprint density at radius 2 is 1.87 bits per heavy atom. The first kappa shape index (κ1) is 27.1. The average Bonchev–Trinajstić information content (AvgIpc) is 3.40. The number of H-pyrrole nitrogens is 1. The minimum atomic E-state index is -1.37. The predicted octanol–water partition coefficient (Wildman–Crippen LogP) is 2.09. The van der Waals surface area contributed by atoms with E-state index in [0.29, 0.717) is 31.8 Å². The molecule has 10 nitrogen and oxygen atoms in total. The Balaban J connectivity index is 1.30. The van der Waals surface area contributed by atoms with E-state index in [1.807, 2.05) is 24.3 Å². The molecule has 0 saturated carbocycles. The number of aromatic amines is 1. The van der Waals surface area contributed by atoms with Crippen LogP contribution in [0.15, 0.2) is 48.8 Å². The number of hydrogen-bond donors (Lipinski definition) is 6. The summed E-state index contributed by atoms with van der Waals surface area (Å²) in [5, 5.41) is 10.1. The van der Waals surface area contributed by atoms with Crippen LogP contribution in [0.3, 0.4) is 0 Å². The molecule has 202 valence electrons. The molecular weight excluding hydrogens is 501 g/mol. The van der Waals surface area contributed by atoms with Gasteiger partial charge in [-0.25, -0.2) is 22.9 Å². The number of carbonyl (C=O) groups excluding carboxylic acids is 2. The van der Waals surface area contributed by atoms with Crippen LogP contribution >= 0.6 is 0 Å². The van der Waals surface area contributed by atoms with Gasteiger partial charge in [0, 0.05) is 44.2 Å². The molecule has 1 saturated heterocycles. The second kappa shape index (κ2) is 12.5. The van der Waals surface area contributed by atoms with Gasteiger partial charge in [-0.1, -0.05) is 24.3 Å². The molecule has 2 aromatic carbocycles. The maximum Gasteiger partial charge on any atom is 0.321 e. The summed E-state index contributed by atoms with van der Waals surface area (Å²) in [6.07, 6.45) is 3.42. The number of nitrogens with zero attached hydrogens (tertiary/aromatic N) is 2. The number of aromatic nitrogens is 2. The van der Waals surface area contributed by atoms with Crippen LogP contribution in [0.4, 0.5) is 23.7 Å². The first-order valence-corrected chi connectivity index (χ1v) is 12.1. The SMILES string of the molecule is NCCCN(Cc1ccc(C2CNC(NC(=O)Nc3cc(F)c(F)cc3F)NC2=O)cc1)Cc1ncc[nH]1. The molecule has 1 aliphatic heterocycles.